The van der Waals surface area contributed by atoms with E-state index in [1.54, 1.807) is 18.7 Å². The second kappa shape index (κ2) is 7.35. The van der Waals surface area contributed by atoms with Gasteiger partial charge in [0.2, 0.25) is 11.8 Å². The number of rotatable bonds is 7. The molecule has 2 rings (SSSR count). The maximum Gasteiger partial charge on any atom is 0.248 e. The van der Waals surface area contributed by atoms with E-state index in [1.807, 2.05) is 6.92 Å². The minimum atomic E-state index is -0.434. The molecule has 0 saturated carbocycles. The number of ether oxygens (including phenoxy) is 1. The normalized spacial score (nSPS) is 16.2. The van der Waals surface area contributed by atoms with Crippen LogP contribution in [0.1, 0.15) is 25.5 Å². The van der Waals surface area contributed by atoms with E-state index in [2.05, 4.69) is 20.5 Å². The molecule has 8 nitrogen and oxygen atoms in total. The van der Waals surface area contributed by atoms with Crippen LogP contribution < -0.4 is 5.32 Å². The molecule has 2 heterocycles. The van der Waals surface area contributed by atoms with Crippen molar-refractivity contribution in [3.8, 4) is 0 Å². The quantitative estimate of drug-likeness (QED) is 0.717. The highest BCUT2D eigenvalue weighted by Gasteiger charge is 2.31. The van der Waals surface area contributed by atoms with E-state index in [0.29, 0.717) is 43.8 Å². The van der Waals surface area contributed by atoms with Crippen LogP contribution in [0.2, 0.25) is 0 Å². The first-order valence-electron chi connectivity index (χ1n) is 7.54. The van der Waals surface area contributed by atoms with Crippen molar-refractivity contribution < 1.29 is 14.3 Å². The number of hydrogen-bond donors (Lipinski definition) is 2. The molecular formula is C14H23N5O3. The predicted molar refractivity (Wildman–Crippen MR) is 79.0 cm³/mol. The van der Waals surface area contributed by atoms with Crippen molar-refractivity contribution >= 4 is 11.8 Å². The Hall–Kier alpha value is -1.96. The monoisotopic (exact) mass is 309 g/mol. The summed E-state index contributed by atoms with van der Waals surface area (Å²) in [7, 11) is 0. The highest BCUT2D eigenvalue weighted by atomic mass is 16.5. The van der Waals surface area contributed by atoms with E-state index in [1.165, 1.54) is 0 Å². The Labute approximate surface area is 129 Å². The number of amides is 2. The number of likely N-dealkylation sites (tertiary alicyclic amines) is 1. The number of aryl methyl sites for hydroxylation is 1. The summed E-state index contributed by atoms with van der Waals surface area (Å²) < 4.78 is 5.22. The van der Waals surface area contributed by atoms with Gasteiger partial charge in [-0.05, 0) is 20.8 Å². The van der Waals surface area contributed by atoms with E-state index in [0.717, 1.165) is 0 Å². The lowest BCUT2D eigenvalue weighted by Crippen LogP contribution is -2.54. The molecule has 1 aromatic rings. The molecule has 0 bridgehead atoms. The third kappa shape index (κ3) is 4.27. The molecule has 0 aliphatic carbocycles. The zero-order valence-corrected chi connectivity index (χ0v) is 13.3. The molecule has 122 valence electrons. The van der Waals surface area contributed by atoms with Crippen LogP contribution >= 0.6 is 0 Å². The van der Waals surface area contributed by atoms with Gasteiger partial charge in [-0.3, -0.25) is 14.7 Å². The molecule has 1 unspecified atom stereocenters. The lowest BCUT2D eigenvalue weighted by atomic mass is 9.99. The smallest absolute Gasteiger partial charge is 0.248 e. The third-order valence-electron chi connectivity index (χ3n) is 3.61. The molecule has 8 heteroatoms. The Morgan fingerprint density at radius 2 is 2.23 bits per heavy atom. The van der Waals surface area contributed by atoms with Crippen molar-refractivity contribution in [1.29, 1.82) is 0 Å². The largest absolute Gasteiger partial charge is 0.369 e. The van der Waals surface area contributed by atoms with Crippen LogP contribution in [-0.4, -0.2) is 64.2 Å². The van der Waals surface area contributed by atoms with Gasteiger partial charge in [0.25, 0.3) is 0 Å². The zero-order valence-electron chi connectivity index (χ0n) is 13.3. The third-order valence-corrected chi connectivity index (χ3v) is 3.61. The Morgan fingerprint density at radius 1 is 1.50 bits per heavy atom. The number of carbonyl (C=O) groups excluding carboxylic acids is 2. The molecule has 0 spiro atoms. The fourth-order valence-electron chi connectivity index (χ4n) is 2.33. The molecule has 1 fully saturated rings. The molecule has 0 radical (unpaired) electrons. The van der Waals surface area contributed by atoms with E-state index >= 15 is 0 Å². The average Bonchev–Trinajstić information content (AvgIpc) is 2.82. The predicted octanol–water partition coefficient (Wildman–Crippen LogP) is -0.345. The van der Waals surface area contributed by atoms with Gasteiger partial charge >= 0.3 is 0 Å². The number of aromatic amines is 1. The highest BCUT2D eigenvalue weighted by Crippen LogP contribution is 2.15. The fourth-order valence-corrected chi connectivity index (χ4v) is 2.33. The van der Waals surface area contributed by atoms with E-state index in [9.17, 15) is 9.59 Å². The van der Waals surface area contributed by atoms with Gasteiger partial charge in [0.05, 0.1) is 6.42 Å². The van der Waals surface area contributed by atoms with Crippen LogP contribution in [-0.2, 0) is 20.7 Å². The van der Waals surface area contributed by atoms with Crippen LogP contribution in [0.25, 0.3) is 0 Å². The molecular weight excluding hydrogens is 286 g/mol. The summed E-state index contributed by atoms with van der Waals surface area (Å²) in [5.41, 5.74) is 0. The van der Waals surface area contributed by atoms with Crippen LogP contribution in [0.4, 0.5) is 0 Å². The van der Waals surface area contributed by atoms with Gasteiger partial charge in [0.1, 0.15) is 11.9 Å². The number of nitrogens with one attached hydrogen (secondary N) is 2. The lowest BCUT2D eigenvalue weighted by Gasteiger charge is -2.39. The number of hydrogen-bond acceptors (Lipinski definition) is 5. The first-order valence-corrected chi connectivity index (χ1v) is 7.54. The van der Waals surface area contributed by atoms with Crippen molar-refractivity contribution in [3.63, 3.8) is 0 Å². The van der Waals surface area contributed by atoms with Crippen molar-refractivity contribution in [3.05, 3.63) is 11.6 Å². The molecule has 2 N–H and O–H groups in total. The molecule has 1 aliphatic heterocycles. The van der Waals surface area contributed by atoms with Gasteiger partial charge in [0.15, 0.2) is 5.82 Å². The van der Waals surface area contributed by atoms with Crippen molar-refractivity contribution in [2.75, 3.05) is 26.2 Å². The summed E-state index contributed by atoms with van der Waals surface area (Å²) in [6.45, 7) is 7.79. The molecule has 2 amide bonds. The summed E-state index contributed by atoms with van der Waals surface area (Å²) in [4.78, 5) is 29.6. The minimum Gasteiger partial charge on any atom is -0.369 e. The molecule has 1 aliphatic rings. The van der Waals surface area contributed by atoms with Crippen LogP contribution in [0, 0.1) is 12.8 Å². The Bertz CT molecular complexity index is 524. The number of aromatic nitrogens is 3. The van der Waals surface area contributed by atoms with E-state index in [-0.39, 0.29) is 18.2 Å². The van der Waals surface area contributed by atoms with Crippen LogP contribution in [0.15, 0.2) is 0 Å². The summed E-state index contributed by atoms with van der Waals surface area (Å²) in [5, 5.41) is 9.53. The van der Waals surface area contributed by atoms with Crippen molar-refractivity contribution in [2.24, 2.45) is 5.92 Å². The summed E-state index contributed by atoms with van der Waals surface area (Å²) in [6, 6.07) is 0. The first kappa shape index (κ1) is 16.4. The number of H-pyrrole nitrogens is 1. The van der Waals surface area contributed by atoms with Gasteiger partial charge in [-0.25, -0.2) is 4.98 Å². The zero-order chi connectivity index (χ0) is 16.1. The molecule has 1 atom stereocenters. The van der Waals surface area contributed by atoms with Gasteiger partial charge in [-0.1, -0.05) is 0 Å². The van der Waals surface area contributed by atoms with Crippen molar-refractivity contribution in [1.82, 2.24) is 25.4 Å². The van der Waals surface area contributed by atoms with Gasteiger partial charge < -0.3 is 15.0 Å². The Balaban J connectivity index is 1.65. The molecule has 22 heavy (non-hydrogen) atoms. The summed E-state index contributed by atoms with van der Waals surface area (Å²) in [5.74, 6) is 1.43. The van der Waals surface area contributed by atoms with Gasteiger partial charge in [0, 0.05) is 32.2 Å². The molecule has 1 saturated heterocycles. The minimum absolute atomic E-state index is 0.0178. The highest BCUT2D eigenvalue weighted by molar-refractivity contribution is 5.80. The standard InChI is InChI=1S/C14H23N5O3/c1-4-22-9(2)14(21)15-6-11-7-19(8-11)13(20)5-12-16-10(3)17-18-12/h9,11H,4-8H2,1-3H3,(H,15,21)(H,16,17,18). The SMILES string of the molecule is CCOC(C)C(=O)NCC1CN(C(=O)Cc2n[nH]c(C)n2)C1. The van der Waals surface area contributed by atoms with Crippen molar-refractivity contribution in [2.45, 2.75) is 33.3 Å². The topological polar surface area (TPSA) is 100 Å². The maximum atomic E-state index is 12.0. The van der Waals surface area contributed by atoms with Crippen LogP contribution in [0.3, 0.4) is 0 Å². The molecule has 1 aromatic heterocycles. The first-order chi connectivity index (χ1) is 10.5. The fraction of sp³-hybridized carbons (Fsp3) is 0.714. The summed E-state index contributed by atoms with van der Waals surface area (Å²) in [6.07, 6.45) is -0.220. The van der Waals surface area contributed by atoms with Gasteiger partial charge in [-0.15, -0.1) is 0 Å². The Morgan fingerprint density at radius 3 is 2.82 bits per heavy atom. The van der Waals surface area contributed by atoms with E-state index < -0.39 is 6.10 Å². The van der Waals surface area contributed by atoms with Crippen LogP contribution in [0.5, 0.6) is 0 Å². The van der Waals surface area contributed by atoms with E-state index in [4.69, 9.17) is 4.74 Å². The Kier molecular flexibility index (Phi) is 5.48. The second-order valence-corrected chi connectivity index (χ2v) is 5.52. The maximum absolute atomic E-state index is 12.0. The lowest BCUT2D eigenvalue weighted by molar-refractivity contribution is -0.137. The number of carbonyl (C=O) groups is 2. The van der Waals surface area contributed by atoms with Gasteiger partial charge in [-0.2, -0.15) is 5.10 Å². The average molecular weight is 309 g/mol. The second-order valence-electron chi connectivity index (χ2n) is 5.52. The molecule has 0 aromatic carbocycles. The number of nitrogens with zero attached hydrogens (tertiary/aromatic N) is 3. The summed E-state index contributed by atoms with van der Waals surface area (Å²) >= 11 is 0.